The van der Waals surface area contributed by atoms with Crippen LogP contribution in [0.1, 0.15) is 50.4 Å². The summed E-state index contributed by atoms with van der Waals surface area (Å²) in [6.07, 6.45) is 6.34. The Labute approximate surface area is 146 Å². The monoisotopic (exact) mass is 332 g/mol. The van der Waals surface area contributed by atoms with Crippen LogP contribution in [0.5, 0.6) is 0 Å². The second-order valence-corrected chi connectivity index (χ2v) is 6.70. The van der Waals surface area contributed by atoms with Crippen LogP contribution in [-0.2, 0) is 11.3 Å². The molecule has 0 aromatic carbocycles. The number of rotatable bonds is 8. The normalized spacial score (nSPS) is 17.0. The molecule has 1 saturated carbocycles. The zero-order valence-corrected chi connectivity index (χ0v) is 15.4. The molecule has 24 heavy (non-hydrogen) atoms. The van der Waals surface area contributed by atoms with E-state index in [-0.39, 0.29) is 0 Å². The quantitative estimate of drug-likeness (QED) is 0.436. The van der Waals surface area contributed by atoms with E-state index in [0.29, 0.717) is 12.0 Å². The largest absolute Gasteiger partial charge is 0.382 e. The minimum atomic E-state index is 0.356. The molecule has 0 atom stereocenters. The Hall–Kier alpha value is -1.62. The highest BCUT2D eigenvalue weighted by molar-refractivity contribution is 5.79. The lowest BCUT2D eigenvalue weighted by molar-refractivity contribution is 0.105. The summed E-state index contributed by atoms with van der Waals surface area (Å²) in [5.74, 6) is 0.848. The Bertz CT molecular complexity index is 524. The molecule has 0 radical (unpaired) electrons. The Morgan fingerprint density at radius 2 is 2.08 bits per heavy atom. The van der Waals surface area contributed by atoms with Gasteiger partial charge in [0.15, 0.2) is 5.96 Å². The average Bonchev–Trinajstić information content (AvgIpc) is 3.04. The third-order valence-corrected chi connectivity index (χ3v) is 4.88. The van der Waals surface area contributed by atoms with Gasteiger partial charge >= 0.3 is 0 Å². The lowest BCUT2D eigenvalue weighted by Gasteiger charge is -2.30. The van der Waals surface area contributed by atoms with Gasteiger partial charge < -0.3 is 15.4 Å². The first-order chi connectivity index (χ1) is 11.7. The molecule has 2 N–H and O–H groups in total. The summed E-state index contributed by atoms with van der Waals surface area (Å²) >= 11 is 0. The Morgan fingerprint density at radius 3 is 2.75 bits per heavy atom. The lowest BCUT2D eigenvalue weighted by Crippen LogP contribution is -2.43. The van der Waals surface area contributed by atoms with E-state index in [1.807, 2.05) is 32.2 Å². The van der Waals surface area contributed by atoms with E-state index < -0.39 is 0 Å². The molecule has 0 bridgehead atoms. The summed E-state index contributed by atoms with van der Waals surface area (Å²) in [5, 5.41) is 6.89. The highest BCUT2D eigenvalue weighted by Gasteiger charge is 2.33. The predicted molar refractivity (Wildman–Crippen MR) is 99.2 cm³/mol. The summed E-state index contributed by atoms with van der Waals surface area (Å²) in [5.41, 5.74) is 2.43. The van der Waals surface area contributed by atoms with Crippen LogP contribution in [0.3, 0.4) is 0 Å². The van der Waals surface area contributed by atoms with Crippen LogP contribution in [0.15, 0.2) is 23.2 Å². The summed E-state index contributed by atoms with van der Waals surface area (Å²) in [4.78, 5) is 8.87. The van der Waals surface area contributed by atoms with E-state index in [2.05, 4.69) is 27.5 Å². The SMILES string of the molecule is CCOCCC1(CNC(=NC)NCc2cccc(C)n2)CCCC1. The van der Waals surface area contributed by atoms with Gasteiger partial charge in [-0.3, -0.25) is 9.98 Å². The number of aromatic nitrogens is 1. The van der Waals surface area contributed by atoms with Gasteiger partial charge in [-0.25, -0.2) is 0 Å². The van der Waals surface area contributed by atoms with Crippen LogP contribution in [0.4, 0.5) is 0 Å². The first-order valence-electron chi connectivity index (χ1n) is 9.12. The van der Waals surface area contributed by atoms with Crippen LogP contribution < -0.4 is 10.6 Å². The van der Waals surface area contributed by atoms with Crippen molar-refractivity contribution in [1.82, 2.24) is 15.6 Å². The van der Waals surface area contributed by atoms with Crippen molar-refractivity contribution in [3.05, 3.63) is 29.6 Å². The van der Waals surface area contributed by atoms with Gasteiger partial charge in [0.1, 0.15) is 0 Å². The van der Waals surface area contributed by atoms with Crippen LogP contribution >= 0.6 is 0 Å². The number of nitrogens with zero attached hydrogens (tertiary/aromatic N) is 2. The molecular weight excluding hydrogens is 300 g/mol. The highest BCUT2D eigenvalue weighted by atomic mass is 16.5. The fourth-order valence-corrected chi connectivity index (χ4v) is 3.44. The molecule has 1 heterocycles. The summed E-state index contributed by atoms with van der Waals surface area (Å²) < 4.78 is 5.59. The molecule has 2 rings (SSSR count). The molecule has 0 saturated heterocycles. The van der Waals surface area contributed by atoms with Crippen molar-refractivity contribution in [2.75, 3.05) is 26.8 Å². The first kappa shape index (κ1) is 18.7. The van der Waals surface area contributed by atoms with Crippen molar-refractivity contribution in [3.63, 3.8) is 0 Å². The molecule has 1 aromatic heterocycles. The molecular formula is C19H32N4O. The topological polar surface area (TPSA) is 58.5 Å². The smallest absolute Gasteiger partial charge is 0.191 e. The molecule has 0 aliphatic heterocycles. The second kappa shape index (κ2) is 9.62. The number of nitrogens with one attached hydrogen (secondary N) is 2. The van der Waals surface area contributed by atoms with Crippen LogP contribution in [0, 0.1) is 12.3 Å². The maximum atomic E-state index is 5.59. The summed E-state index contributed by atoms with van der Waals surface area (Å²) in [7, 11) is 1.82. The number of ether oxygens (including phenoxy) is 1. The van der Waals surface area contributed by atoms with Gasteiger partial charge in [0.25, 0.3) is 0 Å². The zero-order chi connectivity index (χ0) is 17.3. The van der Waals surface area contributed by atoms with Crippen molar-refractivity contribution >= 4 is 5.96 Å². The summed E-state index contributed by atoms with van der Waals surface area (Å²) in [6, 6.07) is 6.09. The predicted octanol–water partition coefficient (Wildman–Crippen LogP) is 3.04. The van der Waals surface area contributed by atoms with E-state index in [1.165, 1.54) is 25.7 Å². The van der Waals surface area contributed by atoms with E-state index in [9.17, 15) is 0 Å². The molecule has 1 aliphatic carbocycles. The minimum Gasteiger partial charge on any atom is -0.382 e. The fraction of sp³-hybridized carbons (Fsp3) is 0.684. The molecule has 1 aliphatic rings. The van der Waals surface area contributed by atoms with Gasteiger partial charge in [0.2, 0.25) is 0 Å². The first-order valence-corrected chi connectivity index (χ1v) is 9.12. The van der Waals surface area contributed by atoms with Crippen LogP contribution in [-0.4, -0.2) is 37.7 Å². The van der Waals surface area contributed by atoms with Crippen molar-refractivity contribution < 1.29 is 4.74 Å². The molecule has 0 amide bonds. The van der Waals surface area contributed by atoms with Crippen LogP contribution in [0.2, 0.25) is 0 Å². The fourth-order valence-electron chi connectivity index (χ4n) is 3.44. The molecule has 1 fully saturated rings. The Balaban J connectivity index is 1.83. The van der Waals surface area contributed by atoms with Gasteiger partial charge in [-0.2, -0.15) is 0 Å². The average molecular weight is 332 g/mol. The maximum absolute atomic E-state index is 5.59. The van der Waals surface area contributed by atoms with Gasteiger partial charge in [0.05, 0.1) is 12.2 Å². The standard InChI is InChI=1S/C19H32N4O/c1-4-24-13-12-19(10-5-6-11-19)15-22-18(20-3)21-14-17-9-7-8-16(2)23-17/h7-9H,4-6,10-15H2,1-3H3,(H2,20,21,22). The third kappa shape index (κ3) is 5.78. The zero-order valence-electron chi connectivity index (χ0n) is 15.4. The van der Waals surface area contributed by atoms with E-state index in [0.717, 1.165) is 43.5 Å². The van der Waals surface area contributed by atoms with Crippen molar-refractivity contribution in [1.29, 1.82) is 0 Å². The number of aryl methyl sites for hydroxylation is 1. The van der Waals surface area contributed by atoms with E-state index >= 15 is 0 Å². The van der Waals surface area contributed by atoms with E-state index in [4.69, 9.17) is 4.74 Å². The molecule has 5 heteroatoms. The lowest BCUT2D eigenvalue weighted by atomic mass is 9.83. The molecule has 134 valence electrons. The van der Waals surface area contributed by atoms with Crippen molar-refractivity contribution in [3.8, 4) is 0 Å². The molecule has 0 unspecified atom stereocenters. The van der Waals surface area contributed by atoms with Gasteiger partial charge in [-0.15, -0.1) is 0 Å². The Kier molecular flexibility index (Phi) is 7.50. The number of hydrogen-bond donors (Lipinski definition) is 2. The highest BCUT2D eigenvalue weighted by Crippen LogP contribution is 2.40. The molecule has 5 nitrogen and oxygen atoms in total. The number of pyridine rings is 1. The Morgan fingerprint density at radius 1 is 1.29 bits per heavy atom. The number of guanidine groups is 1. The van der Waals surface area contributed by atoms with Crippen molar-refractivity contribution in [2.24, 2.45) is 10.4 Å². The third-order valence-electron chi connectivity index (χ3n) is 4.88. The van der Waals surface area contributed by atoms with Gasteiger partial charge in [-0.05, 0) is 50.7 Å². The second-order valence-electron chi connectivity index (χ2n) is 6.70. The number of aliphatic imine (C=N–C) groups is 1. The summed E-state index contributed by atoms with van der Waals surface area (Å²) in [6.45, 7) is 7.38. The van der Waals surface area contributed by atoms with Gasteiger partial charge in [0, 0.05) is 32.5 Å². The minimum absolute atomic E-state index is 0.356. The van der Waals surface area contributed by atoms with Gasteiger partial charge in [-0.1, -0.05) is 18.9 Å². The van der Waals surface area contributed by atoms with Crippen LogP contribution in [0.25, 0.3) is 0 Å². The molecule has 0 spiro atoms. The maximum Gasteiger partial charge on any atom is 0.191 e. The number of hydrogen-bond acceptors (Lipinski definition) is 3. The van der Waals surface area contributed by atoms with Crippen molar-refractivity contribution in [2.45, 2.75) is 52.5 Å². The molecule has 1 aromatic rings. The van der Waals surface area contributed by atoms with E-state index in [1.54, 1.807) is 0 Å².